The molecule has 36 heavy (non-hydrogen) atoms. The number of morpholine rings is 1. The van der Waals surface area contributed by atoms with E-state index in [-0.39, 0.29) is 30.2 Å². The summed E-state index contributed by atoms with van der Waals surface area (Å²) in [6.45, 7) is 4.41. The number of amides is 3. The zero-order valence-corrected chi connectivity index (χ0v) is 20.8. The first-order valence-electron chi connectivity index (χ1n) is 12.9. The summed E-state index contributed by atoms with van der Waals surface area (Å²) in [4.78, 5) is 42.3. The third kappa shape index (κ3) is 7.31. The van der Waals surface area contributed by atoms with Crippen molar-refractivity contribution < 1.29 is 19.1 Å². The molecule has 2 N–H and O–H groups in total. The van der Waals surface area contributed by atoms with Crippen molar-refractivity contribution in [3.8, 4) is 0 Å². The SMILES string of the molecule is O=C1CCC(c2ccccc2)CCNC(=O)CN(C(=O)c2ccc(N3CCOCC3)cc2)CCCN1. The van der Waals surface area contributed by atoms with Crippen LogP contribution in [0.5, 0.6) is 0 Å². The van der Waals surface area contributed by atoms with E-state index in [4.69, 9.17) is 4.74 Å². The zero-order chi connectivity index (χ0) is 25.2. The zero-order valence-electron chi connectivity index (χ0n) is 20.8. The van der Waals surface area contributed by atoms with E-state index in [9.17, 15) is 14.4 Å². The lowest BCUT2D eigenvalue weighted by Crippen LogP contribution is -2.42. The molecule has 2 aromatic rings. The third-order valence-corrected chi connectivity index (χ3v) is 6.84. The minimum Gasteiger partial charge on any atom is -0.378 e. The third-order valence-electron chi connectivity index (χ3n) is 6.84. The Bertz CT molecular complexity index is 1010. The predicted octanol–water partition coefficient (Wildman–Crippen LogP) is 2.56. The summed E-state index contributed by atoms with van der Waals surface area (Å²) in [7, 11) is 0. The van der Waals surface area contributed by atoms with Crippen LogP contribution in [0.25, 0.3) is 0 Å². The second-order valence-corrected chi connectivity index (χ2v) is 9.36. The summed E-state index contributed by atoms with van der Waals surface area (Å²) in [5.74, 6) is -0.142. The standard InChI is InChI=1S/C28H36N4O4/c33-26-12-9-23(22-5-2-1-3-6-22)13-15-30-27(34)21-32(16-4-14-29-26)28(35)24-7-10-25(11-8-24)31-17-19-36-20-18-31/h1-3,5-8,10-11,23H,4,9,12-21H2,(H,29,33)(H,30,34). The molecule has 8 nitrogen and oxygen atoms in total. The summed E-state index contributed by atoms with van der Waals surface area (Å²) in [5.41, 5.74) is 2.78. The van der Waals surface area contributed by atoms with Crippen LogP contribution >= 0.6 is 0 Å². The van der Waals surface area contributed by atoms with Gasteiger partial charge in [-0.3, -0.25) is 14.4 Å². The van der Waals surface area contributed by atoms with Gasteiger partial charge in [0.05, 0.1) is 19.8 Å². The van der Waals surface area contributed by atoms with Gasteiger partial charge < -0.3 is 25.2 Å². The van der Waals surface area contributed by atoms with Crippen molar-refractivity contribution in [2.45, 2.75) is 31.6 Å². The van der Waals surface area contributed by atoms with Crippen molar-refractivity contribution in [3.63, 3.8) is 0 Å². The van der Waals surface area contributed by atoms with Gasteiger partial charge in [0.1, 0.15) is 0 Å². The van der Waals surface area contributed by atoms with Crippen LogP contribution in [0.1, 0.15) is 47.5 Å². The van der Waals surface area contributed by atoms with Crippen molar-refractivity contribution >= 4 is 23.4 Å². The van der Waals surface area contributed by atoms with Crippen LogP contribution in [0.15, 0.2) is 54.6 Å². The number of benzene rings is 2. The molecule has 2 aliphatic heterocycles. The largest absolute Gasteiger partial charge is 0.378 e. The van der Waals surface area contributed by atoms with Gasteiger partial charge >= 0.3 is 0 Å². The van der Waals surface area contributed by atoms with Gasteiger partial charge in [0.2, 0.25) is 11.8 Å². The molecule has 2 heterocycles. The first-order chi connectivity index (χ1) is 17.6. The highest BCUT2D eigenvalue weighted by atomic mass is 16.5. The van der Waals surface area contributed by atoms with Crippen molar-refractivity contribution in [1.29, 1.82) is 0 Å². The maximum absolute atomic E-state index is 13.3. The number of hydrogen-bond acceptors (Lipinski definition) is 5. The number of hydrogen-bond donors (Lipinski definition) is 2. The van der Waals surface area contributed by atoms with Crippen LogP contribution in [-0.4, -0.2) is 75.1 Å². The molecule has 192 valence electrons. The van der Waals surface area contributed by atoms with E-state index in [0.29, 0.717) is 51.3 Å². The van der Waals surface area contributed by atoms with Crippen molar-refractivity contribution in [1.82, 2.24) is 15.5 Å². The van der Waals surface area contributed by atoms with Crippen LogP contribution in [-0.2, 0) is 14.3 Å². The summed E-state index contributed by atoms with van der Waals surface area (Å²) in [5, 5.41) is 5.95. The molecule has 0 bridgehead atoms. The Labute approximate surface area is 213 Å². The number of nitrogens with zero attached hydrogens (tertiary/aromatic N) is 2. The Kier molecular flexibility index (Phi) is 9.33. The van der Waals surface area contributed by atoms with E-state index < -0.39 is 0 Å². The average molecular weight is 493 g/mol. The van der Waals surface area contributed by atoms with Crippen LogP contribution in [0.4, 0.5) is 5.69 Å². The fourth-order valence-electron chi connectivity index (χ4n) is 4.78. The van der Waals surface area contributed by atoms with E-state index in [2.05, 4.69) is 27.7 Å². The normalized spacial score (nSPS) is 20.7. The molecule has 0 saturated carbocycles. The molecule has 2 aliphatic rings. The Morgan fingerprint density at radius 3 is 2.31 bits per heavy atom. The summed E-state index contributed by atoms with van der Waals surface area (Å²) >= 11 is 0. The molecule has 3 amide bonds. The Balaban J connectivity index is 1.40. The first-order valence-corrected chi connectivity index (χ1v) is 12.9. The van der Waals surface area contributed by atoms with E-state index >= 15 is 0 Å². The topological polar surface area (TPSA) is 91.0 Å². The van der Waals surface area contributed by atoms with Gasteiger partial charge in [-0.25, -0.2) is 0 Å². The lowest BCUT2D eigenvalue weighted by Gasteiger charge is -2.29. The second kappa shape index (κ2) is 13.1. The van der Waals surface area contributed by atoms with Crippen LogP contribution in [0.3, 0.4) is 0 Å². The lowest BCUT2D eigenvalue weighted by molar-refractivity contribution is -0.123. The Morgan fingerprint density at radius 1 is 0.833 bits per heavy atom. The molecule has 8 heteroatoms. The van der Waals surface area contributed by atoms with Gasteiger partial charge in [0, 0.05) is 50.4 Å². The van der Waals surface area contributed by atoms with Gasteiger partial charge in [-0.1, -0.05) is 30.3 Å². The smallest absolute Gasteiger partial charge is 0.254 e. The molecular weight excluding hydrogens is 456 g/mol. The van der Waals surface area contributed by atoms with Crippen molar-refractivity contribution in [2.24, 2.45) is 0 Å². The fourth-order valence-corrected chi connectivity index (χ4v) is 4.78. The minimum atomic E-state index is -0.181. The molecule has 2 saturated heterocycles. The predicted molar refractivity (Wildman–Crippen MR) is 139 cm³/mol. The van der Waals surface area contributed by atoms with Crippen molar-refractivity contribution in [3.05, 3.63) is 65.7 Å². The van der Waals surface area contributed by atoms with E-state index in [1.807, 2.05) is 42.5 Å². The van der Waals surface area contributed by atoms with Crippen LogP contribution in [0.2, 0.25) is 0 Å². The van der Waals surface area contributed by atoms with Gasteiger partial charge in [0.15, 0.2) is 0 Å². The molecular formula is C28H36N4O4. The molecule has 0 radical (unpaired) electrons. The number of rotatable bonds is 3. The highest BCUT2D eigenvalue weighted by Crippen LogP contribution is 2.24. The summed E-state index contributed by atoms with van der Waals surface area (Å²) in [6.07, 6.45) is 2.49. The van der Waals surface area contributed by atoms with E-state index in [0.717, 1.165) is 31.6 Å². The lowest BCUT2D eigenvalue weighted by atomic mass is 9.91. The average Bonchev–Trinajstić information content (AvgIpc) is 2.92. The maximum Gasteiger partial charge on any atom is 0.254 e. The summed E-state index contributed by atoms with van der Waals surface area (Å²) in [6, 6.07) is 17.6. The molecule has 0 spiro atoms. The molecule has 0 aliphatic carbocycles. The van der Waals surface area contributed by atoms with Crippen molar-refractivity contribution in [2.75, 3.05) is 57.4 Å². The molecule has 2 aromatic carbocycles. The minimum absolute atomic E-state index is 0.00595. The molecule has 1 unspecified atom stereocenters. The fraction of sp³-hybridized carbons (Fsp3) is 0.464. The van der Waals surface area contributed by atoms with Gasteiger partial charge in [-0.05, 0) is 55.0 Å². The molecule has 4 rings (SSSR count). The van der Waals surface area contributed by atoms with Crippen LogP contribution < -0.4 is 15.5 Å². The monoisotopic (exact) mass is 492 g/mol. The Morgan fingerprint density at radius 2 is 1.56 bits per heavy atom. The van der Waals surface area contributed by atoms with Gasteiger partial charge in [0.25, 0.3) is 5.91 Å². The number of anilines is 1. The van der Waals surface area contributed by atoms with Gasteiger partial charge in [-0.15, -0.1) is 0 Å². The molecule has 0 aromatic heterocycles. The second-order valence-electron chi connectivity index (χ2n) is 9.36. The molecule has 2 fully saturated rings. The number of ether oxygens (including phenoxy) is 1. The highest BCUT2D eigenvalue weighted by molar-refractivity contribution is 5.96. The first kappa shape index (κ1) is 25.7. The number of carbonyl (C=O) groups is 3. The Hall–Kier alpha value is -3.39. The van der Waals surface area contributed by atoms with E-state index in [1.165, 1.54) is 5.56 Å². The van der Waals surface area contributed by atoms with Gasteiger partial charge in [-0.2, -0.15) is 0 Å². The van der Waals surface area contributed by atoms with E-state index in [1.54, 1.807) is 4.90 Å². The van der Waals surface area contributed by atoms with Crippen LogP contribution in [0, 0.1) is 0 Å². The highest BCUT2D eigenvalue weighted by Gasteiger charge is 2.21. The summed E-state index contributed by atoms with van der Waals surface area (Å²) < 4.78 is 5.41. The maximum atomic E-state index is 13.3. The number of carbonyl (C=O) groups excluding carboxylic acids is 3. The number of nitrogens with one attached hydrogen (secondary N) is 2. The molecule has 1 atom stereocenters. The quantitative estimate of drug-likeness (QED) is 0.687.